The van der Waals surface area contributed by atoms with Gasteiger partial charge in [0.2, 0.25) is 20.0 Å². The number of hydrogen-bond donors (Lipinski definition) is 0. The summed E-state index contributed by atoms with van der Waals surface area (Å²) in [4.78, 5) is 0.338. The van der Waals surface area contributed by atoms with Crippen LogP contribution in [0.4, 0.5) is 0 Å². The van der Waals surface area contributed by atoms with Crippen LogP contribution in [0.3, 0.4) is 0 Å². The predicted octanol–water partition coefficient (Wildman–Crippen LogP) is 2.02. The van der Waals surface area contributed by atoms with Gasteiger partial charge in [-0.3, -0.25) is 0 Å². The number of ether oxygens (including phenoxy) is 2. The van der Waals surface area contributed by atoms with E-state index in [9.17, 15) is 16.8 Å². The van der Waals surface area contributed by atoms with Crippen LogP contribution in [0.2, 0.25) is 0 Å². The van der Waals surface area contributed by atoms with E-state index in [2.05, 4.69) is 0 Å². The molecule has 0 bridgehead atoms. The van der Waals surface area contributed by atoms with Gasteiger partial charge in [0.25, 0.3) is 0 Å². The average molecular weight is 455 g/mol. The van der Waals surface area contributed by atoms with Crippen LogP contribution >= 0.6 is 0 Å². The van der Waals surface area contributed by atoms with Crippen LogP contribution in [0.15, 0.2) is 46.2 Å². The number of rotatable bonds is 6. The van der Waals surface area contributed by atoms with E-state index < -0.39 is 20.0 Å². The minimum Gasteiger partial charge on any atom is -0.493 e. The molecule has 1 aliphatic rings. The maximum Gasteiger partial charge on any atom is 0.243 e. The van der Waals surface area contributed by atoms with Crippen LogP contribution in [-0.4, -0.2) is 65.8 Å². The molecule has 0 amide bonds. The third-order valence-corrected chi connectivity index (χ3v) is 9.09. The van der Waals surface area contributed by atoms with Gasteiger partial charge in [-0.1, -0.05) is 12.1 Å². The largest absolute Gasteiger partial charge is 0.493 e. The molecule has 0 spiro atoms. The average Bonchev–Trinajstić information content (AvgIpc) is 2.74. The van der Waals surface area contributed by atoms with Gasteiger partial charge in [-0.2, -0.15) is 8.61 Å². The van der Waals surface area contributed by atoms with Gasteiger partial charge in [-0.05, 0) is 43.2 Å². The highest BCUT2D eigenvalue weighted by molar-refractivity contribution is 7.89. The van der Waals surface area contributed by atoms with E-state index in [1.807, 2.05) is 13.0 Å². The molecule has 0 aromatic heterocycles. The number of piperazine rings is 1. The topological polar surface area (TPSA) is 93.2 Å². The summed E-state index contributed by atoms with van der Waals surface area (Å²) in [6.45, 7) is 3.90. The van der Waals surface area contributed by atoms with E-state index in [0.717, 1.165) is 5.56 Å². The fourth-order valence-electron chi connectivity index (χ4n) is 3.40. The number of hydrogen-bond acceptors (Lipinski definition) is 6. The Bertz CT molecular complexity index is 1140. The Balaban J connectivity index is 1.80. The lowest BCUT2D eigenvalue weighted by atomic mass is 10.2. The van der Waals surface area contributed by atoms with Crippen molar-refractivity contribution in [3.63, 3.8) is 0 Å². The van der Waals surface area contributed by atoms with Crippen molar-refractivity contribution in [3.8, 4) is 11.5 Å². The minimum absolute atomic E-state index is 0.0702. The Morgan fingerprint density at radius 2 is 1.30 bits per heavy atom. The molecule has 2 aromatic carbocycles. The first-order valence-electron chi connectivity index (χ1n) is 9.41. The molecule has 0 unspecified atom stereocenters. The Morgan fingerprint density at radius 1 is 0.733 bits per heavy atom. The molecule has 164 valence electrons. The minimum atomic E-state index is -3.79. The molecule has 1 aliphatic heterocycles. The van der Waals surface area contributed by atoms with E-state index in [4.69, 9.17) is 9.47 Å². The number of benzene rings is 2. The smallest absolute Gasteiger partial charge is 0.243 e. The molecule has 2 aromatic rings. The maximum absolute atomic E-state index is 13.1. The van der Waals surface area contributed by atoms with Crippen molar-refractivity contribution in [3.05, 3.63) is 47.5 Å². The monoisotopic (exact) mass is 454 g/mol. The number of sulfonamides is 2. The van der Waals surface area contributed by atoms with E-state index in [0.29, 0.717) is 17.1 Å². The molecule has 8 nitrogen and oxygen atoms in total. The quantitative estimate of drug-likeness (QED) is 0.663. The number of methoxy groups -OCH3 is 2. The Labute approximate surface area is 178 Å². The van der Waals surface area contributed by atoms with Gasteiger partial charge in [-0.25, -0.2) is 16.8 Å². The van der Waals surface area contributed by atoms with Crippen LogP contribution in [0.5, 0.6) is 11.5 Å². The fraction of sp³-hybridized carbons (Fsp3) is 0.400. The summed E-state index contributed by atoms with van der Waals surface area (Å²) < 4.78 is 65.2. The van der Waals surface area contributed by atoms with Crippen molar-refractivity contribution in [2.24, 2.45) is 0 Å². The Hall–Kier alpha value is -2.14. The van der Waals surface area contributed by atoms with Crippen LogP contribution < -0.4 is 9.47 Å². The molecule has 3 rings (SSSR count). The van der Waals surface area contributed by atoms with Crippen molar-refractivity contribution in [1.82, 2.24) is 8.61 Å². The lowest BCUT2D eigenvalue weighted by molar-refractivity contribution is 0.272. The molecular formula is C20H26N2O6S2. The molecule has 0 N–H and O–H groups in total. The zero-order chi connectivity index (χ0) is 22.1. The standard InChI is InChI=1S/C20H26N2O6S2/c1-15-5-6-16(2)20(13-15)30(25,26)22-11-9-21(10-12-22)29(23,24)17-7-8-18(27-3)19(14-17)28-4/h5-8,13-14H,9-12H2,1-4H3. The van der Waals surface area contributed by atoms with Crippen LogP contribution in [0, 0.1) is 13.8 Å². The first kappa shape index (κ1) is 22.5. The van der Waals surface area contributed by atoms with Crippen molar-refractivity contribution < 1.29 is 26.3 Å². The summed E-state index contributed by atoms with van der Waals surface area (Å²) in [7, 11) is -4.58. The second-order valence-corrected chi connectivity index (χ2v) is 10.9. The molecule has 0 radical (unpaired) electrons. The highest BCUT2D eigenvalue weighted by atomic mass is 32.2. The van der Waals surface area contributed by atoms with Gasteiger partial charge in [0.1, 0.15) is 0 Å². The normalized spacial score (nSPS) is 16.4. The van der Waals surface area contributed by atoms with Crippen LogP contribution in [0.25, 0.3) is 0 Å². The molecule has 1 heterocycles. The van der Waals surface area contributed by atoms with Crippen molar-refractivity contribution >= 4 is 20.0 Å². The highest BCUT2D eigenvalue weighted by Crippen LogP contribution is 2.31. The summed E-state index contributed by atoms with van der Waals surface area (Å²) in [5.74, 6) is 0.746. The molecular weight excluding hydrogens is 428 g/mol. The summed E-state index contributed by atoms with van der Waals surface area (Å²) in [5, 5.41) is 0. The SMILES string of the molecule is COc1ccc(S(=O)(=O)N2CCN(S(=O)(=O)c3cc(C)ccc3C)CC2)cc1OC. The van der Waals surface area contributed by atoms with E-state index in [1.165, 1.54) is 41.0 Å². The summed E-state index contributed by atoms with van der Waals surface area (Å²) in [5.41, 5.74) is 1.52. The van der Waals surface area contributed by atoms with Crippen LogP contribution in [0.1, 0.15) is 11.1 Å². The van der Waals surface area contributed by atoms with E-state index in [-0.39, 0.29) is 36.0 Å². The Morgan fingerprint density at radius 3 is 1.87 bits per heavy atom. The zero-order valence-electron chi connectivity index (χ0n) is 17.5. The zero-order valence-corrected chi connectivity index (χ0v) is 19.1. The highest BCUT2D eigenvalue weighted by Gasteiger charge is 2.34. The molecule has 0 aliphatic carbocycles. The molecule has 30 heavy (non-hydrogen) atoms. The molecule has 1 fully saturated rings. The fourth-order valence-corrected chi connectivity index (χ4v) is 6.57. The van der Waals surface area contributed by atoms with Crippen molar-refractivity contribution in [2.75, 3.05) is 40.4 Å². The molecule has 10 heteroatoms. The van der Waals surface area contributed by atoms with Gasteiger partial charge >= 0.3 is 0 Å². The molecule has 1 saturated heterocycles. The lowest BCUT2D eigenvalue weighted by Crippen LogP contribution is -2.50. The second-order valence-electron chi connectivity index (χ2n) is 7.09. The van der Waals surface area contributed by atoms with Gasteiger partial charge in [0, 0.05) is 32.2 Å². The predicted molar refractivity (Wildman–Crippen MR) is 113 cm³/mol. The maximum atomic E-state index is 13.1. The Kier molecular flexibility index (Phi) is 6.42. The first-order valence-corrected chi connectivity index (χ1v) is 12.3. The van der Waals surface area contributed by atoms with E-state index in [1.54, 1.807) is 19.1 Å². The van der Waals surface area contributed by atoms with Gasteiger partial charge in [0.05, 0.1) is 24.0 Å². The molecule has 0 atom stereocenters. The number of aryl methyl sites for hydroxylation is 2. The van der Waals surface area contributed by atoms with Crippen molar-refractivity contribution in [2.45, 2.75) is 23.6 Å². The van der Waals surface area contributed by atoms with Gasteiger partial charge < -0.3 is 9.47 Å². The van der Waals surface area contributed by atoms with E-state index >= 15 is 0 Å². The number of nitrogens with zero attached hydrogens (tertiary/aromatic N) is 2. The lowest BCUT2D eigenvalue weighted by Gasteiger charge is -2.33. The van der Waals surface area contributed by atoms with Gasteiger partial charge in [0.15, 0.2) is 11.5 Å². The third kappa shape index (κ3) is 4.18. The van der Waals surface area contributed by atoms with Crippen molar-refractivity contribution in [1.29, 1.82) is 0 Å². The summed E-state index contributed by atoms with van der Waals surface area (Å²) >= 11 is 0. The van der Waals surface area contributed by atoms with Crippen LogP contribution in [-0.2, 0) is 20.0 Å². The molecule has 0 saturated carbocycles. The van der Waals surface area contributed by atoms with Gasteiger partial charge in [-0.15, -0.1) is 0 Å². The summed E-state index contributed by atoms with van der Waals surface area (Å²) in [6, 6.07) is 9.69. The third-order valence-electron chi connectivity index (χ3n) is 5.15. The first-order chi connectivity index (χ1) is 14.1. The summed E-state index contributed by atoms with van der Waals surface area (Å²) in [6.07, 6.45) is 0. The second kappa shape index (κ2) is 8.54.